The first-order chi connectivity index (χ1) is 7.68. The monoisotopic (exact) mass is 240 g/mol. The van der Waals surface area contributed by atoms with Gasteiger partial charge in [0, 0.05) is 10.6 Å². The second-order valence-corrected chi connectivity index (χ2v) is 5.58. The van der Waals surface area contributed by atoms with Crippen LogP contribution in [0.4, 0.5) is 4.39 Å². The lowest BCUT2D eigenvalue weighted by atomic mass is 9.86. The van der Waals surface area contributed by atoms with Crippen molar-refractivity contribution in [2.24, 2.45) is 0 Å². The standard InChI is InChI=1S/C13H17FOS/c14-11-5-4-6-12(9-11)16-10-13(15)7-2-1-3-8-13/h4-6,9,15H,1-3,7-8,10H2. The second-order valence-electron chi connectivity index (χ2n) is 4.53. The molecule has 3 heteroatoms. The normalized spacial score (nSPS) is 19.6. The highest BCUT2D eigenvalue weighted by Crippen LogP contribution is 2.33. The molecule has 0 spiro atoms. The zero-order chi connectivity index (χ0) is 11.4. The maximum atomic E-state index is 13.0. The molecule has 0 heterocycles. The van der Waals surface area contributed by atoms with Crippen LogP contribution in [0.5, 0.6) is 0 Å². The van der Waals surface area contributed by atoms with Gasteiger partial charge in [0.1, 0.15) is 5.82 Å². The highest BCUT2D eigenvalue weighted by Gasteiger charge is 2.28. The number of halogens is 1. The molecule has 0 atom stereocenters. The molecular weight excluding hydrogens is 223 g/mol. The highest BCUT2D eigenvalue weighted by atomic mass is 32.2. The third kappa shape index (κ3) is 3.22. The van der Waals surface area contributed by atoms with Gasteiger partial charge in [0.2, 0.25) is 0 Å². The van der Waals surface area contributed by atoms with E-state index in [0.29, 0.717) is 5.75 Å². The SMILES string of the molecule is OC1(CSc2cccc(F)c2)CCCCC1. The first-order valence-electron chi connectivity index (χ1n) is 5.79. The van der Waals surface area contributed by atoms with E-state index >= 15 is 0 Å². The molecule has 0 unspecified atom stereocenters. The van der Waals surface area contributed by atoms with Gasteiger partial charge < -0.3 is 5.11 Å². The van der Waals surface area contributed by atoms with Gasteiger partial charge in [0.15, 0.2) is 0 Å². The van der Waals surface area contributed by atoms with Crippen LogP contribution in [-0.4, -0.2) is 16.5 Å². The molecule has 0 aliphatic heterocycles. The minimum atomic E-state index is -0.533. The van der Waals surface area contributed by atoms with E-state index < -0.39 is 5.60 Å². The van der Waals surface area contributed by atoms with Gasteiger partial charge >= 0.3 is 0 Å². The van der Waals surface area contributed by atoms with E-state index in [0.717, 1.165) is 30.6 Å². The average molecular weight is 240 g/mol. The van der Waals surface area contributed by atoms with Crippen molar-refractivity contribution in [1.82, 2.24) is 0 Å². The van der Waals surface area contributed by atoms with Gasteiger partial charge in [-0.3, -0.25) is 0 Å². The molecule has 1 aliphatic carbocycles. The van der Waals surface area contributed by atoms with Gasteiger partial charge in [-0.1, -0.05) is 25.3 Å². The van der Waals surface area contributed by atoms with E-state index in [1.807, 2.05) is 6.07 Å². The Bertz CT molecular complexity index is 348. The van der Waals surface area contributed by atoms with Crippen molar-refractivity contribution in [2.45, 2.75) is 42.6 Å². The van der Waals surface area contributed by atoms with Crippen LogP contribution in [0.2, 0.25) is 0 Å². The summed E-state index contributed by atoms with van der Waals surface area (Å²) in [6, 6.07) is 6.57. The topological polar surface area (TPSA) is 20.2 Å². The lowest BCUT2D eigenvalue weighted by Crippen LogP contribution is -2.33. The molecule has 16 heavy (non-hydrogen) atoms. The molecule has 1 aromatic carbocycles. The maximum absolute atomic E-state index is 13.0. The summed E-state index contributed by atoms with van der Waals surface area (Å²) in [6.07, 6.45) is 5.22. The van der Waals surface area contributed by atoms with Gasteiger partial charge in [-0.25, -0.2) is 4.39 Å². The van der Waals surface area contributed by atoms with E-state index in [2.05, 4.69) is 0 Å². The molecule has 88 valence electrons. The van der Waals surface area contributed by atoms with Gasteiger partial charge in [0.25, 0.3) is 0 Å². The number of thioether (sulfide) groups is 1. The number of hydrogen-bond acceptors (Lipinski definition) is 2. The summed E-state index contributed by atoms with van der Waals surface area (Å²) in [6.45, 7) is 0. The summed E-state index contributed by atoms with van der Waals surface area (Å²) in [4.78, 5) is 0.902. The predicted octanol–water partition coefficient (Wildman–Crippen LogP) is 3.61. The molecule has 1 N–H and O–H groups in total. The molecule has 0 amide bonds. The summed E-state index contributed by atoms with van der Waals surface area (Å²) in [5, 5.41) is 10.3. The lowest BCUT2D eigenvalue weighted by Gasteiger charge is -2.31. The van der Waals surface area contributed by atoms with E-state index in [-0.39, 0.29) is 5.82 Å². The molecule has 0 aromatic heterocycles. The van der Waals surface area contributed by atoms with Gasteiger partial charge in [0.05, 0.1) is 5.60 Å². The number of rotatable bonds is 3. The van der Waals surface area contributed by atoms with Gasteiger partial charge in [-0.05, 0) is 31.0 Å². The molecule has 0 bridgehead atoms. The van der Waals surface area contributed by atoms with Crippen molar-refractivity contribution in [2.75, 3.05) is 5.75 Å². The van der Waals surface area contributed by atoms with Crippen molar-refractivity contribution >= 4 is 11.8 Å². The van der Waals surface area contributed by atoms with Crippen molar-refractivity contribution in [3.05, 3.63) is 30.1 Å². The second kappa shape index (κ2) is 5.19. The fourth-order valence-electron chi connectivity index (χ4n) is 2.13. The van der Waals surface area contributed by atoms with Crippen LogP contribution >= 0.6 is 11.8 Å². The van der Waals surface area contributed by atoms with Crippen LogP contribution in [0.1, 0.15) is 32.1 Å². The van der Waals surface area contributed by atoms with E-state index in [1.165, 1.54) is 18.6 Å². The Hall–Kier alpha value is -0.540. The fourth-order valence-corrected chi connectivity index (χ4v) is 3.22. The molecule has 1 aliphatic rings. The lowest BCUT2D eigenvalue weighted by molar-refractivity contribution is 0.0273. The summed E-state index contributed by atoms with van der Waals surface area (Å²) < 4.78 is 13.0. The molecule has 0 radical (unpaired) electrons. The molecule has 1 aromatic rings. The Kier molecular flexibility index (Phi) is 3.87. The van der Waals surface area contributed by atoms with E-state index in [9.17, 15) is 9.50 Å². The summed E-state index contributed by atoms with van der Waals surface area (Å²) >= 11 is 1.55. The third-order valence-electron chi connectivity index (χ3n) is 3.09. The Morgan fingerprint density at radius 3 is 2.69 bits per heavy atom. The Balaban J connectivity index is 1.91. The molecule has 1 fully saturated rings. The summed E-state index contributed by atoms with van der Waals surface area (Å²) in [5.74, 6) is 0.469. The van der Waals surface area contributed by atoms with Crippen LogP contribution in [-0.2, 0) is 0 Å². The number of benzene rings is 1. The summed E-state index contributed by atoms with van der Waals surface area (Å²) in [5.41, 5.74) is -0.533. The minimum absolute atomic E-state index is 0.208. The van der Waals surface area contributed by atoms with Crippen molar-refractivity contribution in [3.63, 3.8) is 0 Å². The van der Waals surface area contributed by atoms with E-state index in [4.69, 9.17) is 0 Å². The van der Waals surface area contributed by atoms with Gasteiger partial charge in [-0.2, -0.15) is 0 Å². The van der Waals surface area contributed by atoms with Gasteiger partial charge in [-0.15, -0.1) is 11.8 Å². The molecule has 2 rings (SSSR count). The Morgan fingerprint density at radius 1 is 1.25 bits per heavy atom. The van der Waals surface area contributed by atoms with Crippen molar-refractivity contribution < 1.29 is 9.50 Å². The van der Waals surface area contributed by atoms with Crippen molar-refractivity contribution in [3.8, 4) is 0 Å². The first kappa shape index (κ1) is 11.9. The summed E-state index contributed by atoms with van der Waals surface area (Å²) in [7, 11) is 0. The minimum Gasteiger partial charge on any atom is -0.389 e. The first-order valence-corrected chi connectivity index (χ1v) is 6.77. The zero-order valence-corrected chi connectivity index (χ0v) is 10.1. The van der Waals surface area contributed by atoms with Crippen LogP contribution in [0.15, 0.2) is 29.2 Å². The molecular formula is C13H17FOS. The van der Waals surface area contributed by atoms with Crippen LogP contribution in [0.25, 0.3) is 0 Å². The molecule has 1 saturated carbocycles. The molecule has 0 saturated heterocycles. The largest absolute Gasteiger partial charge is 0.389 e. The van der Waals surface area contributed by atoms with Crippen molar-refractivity contribution in [1.29, 1.82) is 0 Å². The smallest absolute Gasteiger partial charge is 0.124 e. The predicted molar refractivity (Wildman–Crippen MR) is 65.2 cm³/mol. The van der Waals surface area contributed by atoms with Crippen LogP contribution in [0.3, 0.4) is 0 Å². The quantitative estimate of drug-likeness (QED) is 0.814. The fraction of sp³-hybridized carbons (Fsp3) is 0.538. The Labute approximate surface area is 100 Å². The van der Waals surface area contributed by atoms with Crippen LogP contribution < -0.4 is 0 Å². The zero-order valence-electron chi connectivity index (χ0n) is 9.29. The Morgan fingerprint density at radius 2 is 2.00 bits per heavy atom. The maximum Gasteiger partial charge on any atom is 0.124 e. The van der Waals surface area contributed by atoms with Crippen LogP contribution in [0, 0.1) is 5.82 Å². The molecule has 1 nitrogen and oxygen atoms in total. The third-order valence-corrected chi connectivity index (χ3v) is 4.36. The van der Waals surface area contributed by atoms with E-state index in [1.54, 1.807) is 17.8 Å². The average Bonchev–Trinajstić information content (AvgIpc) is 2.28. The highest BCUT2D eigenvalue weighted by molar-refractivity contribution is 7.99. The number of hydrogen-bond donors (Lipinski definition) is 1. The number of aliphatic hydroxyl groups is 1.